The van der Waals surface area contributed by atoms with Crippen LogP contribution in [0.2, 0.25) is 0 Å². The number of hydrogen-bond acceptors (Lipinski definition) is 3. The summed E-state index contributed by atoms with van der Waals surface area (Å²) in [4.78, 5) is 33.8. The summed E-state index contributed by atoms with van der Waals surface area (Å²) in [5.74, 6) is -1.99. The molecule has 1 rings (SSSR count). The first kappa shape index (κ1) is 17.5. The lowest BCUT2D eigenvalue weighted by atomic mass is 10.00. The van der Waals surface area contributed by atoms with Gasteiger partial charge in [0.2, 0.25) is 11.8 Å². The summed E-state index contributed by atoms with van der Waals surface area (Å²) in [6.45, 7) is 5.84. The van der Waals surface area contributed by atoms with Crippen LogP contribution in [-0.4, -0.2) is 29.9 Å². The lowest BCUT2D eigenvalue weighted by Crippen LogP contribution is -2.56. The number of hydrogen-bond donors (Lipinski definition) is 4. The molecule has 1 aromatic rings. The lowest BCUT2D eigenvalue weighted by Gasteiger charge is -2.18. The molecular weight excluding hydrogens is 284 g/mol. The first-order valence-electron chi connectivity index (χ1n) is 6.92. The average molecular weight is 306 g/mol. The van der Waals surface area contributed by atoms with Crippen LogP contribution in [0.5, 0.6) is 0 Å². The van der Waals surface area contributed by atoms with Crippen LogP contribution in [0.4, 0.5) is 4.79 Å². The molecule has 0 spiro atoms. The number of nitrogens with one attached hydrogen (secondary N) is 2. The highest BCUT2D eigenvalue weighted by molar-refractivity contribution is 6.05. The van der Waals surface area contributed by atoms with Gasteiger partial charge in [0.1, 0.15) is 0 Å². The Balaban J connectivity index is 2.60. The summed E-state index contributed by atoms with van der Waals surface area (Å²) in [5.41, 5.74) is 13.4. The van der Waals surface area contributed by atoms with Crippen molar-refractivity contribution in [2.75, 3.05) is 0 Å². The van der Waals surface area contributed by atoms with Crippen molar-refractivity contribution in [3.05, 3.63) is 34.9 Å². The lowest BCUT2D eigenvalue weighted by molar-refractivity contribution is -0.128. The van der Waals surface area contributed by atoms with E-state index >= 15 is 0 Å². The third-order valence-electron chi connectivity index (χ3n) is 3.25. The van der Waals surface area contributed by atoms with Crippen molar-refractivity contribution in [3.63, 3.8) is 0 Å². The Morgan fingerprint density at radius 2 is 1.68 bits per heavy atom. The Labute approximate surface area is 129 Å². The highest BCUT2D eigenvalue weighted by atomic mass is 16.2. The van der Waals surface area contributed by atoms with E-state index in [1.807, 2.05) is 32.9 Å². The Kier molecular flexibility index (Phi) is 5.91. The van der Waals surface area contributed by atoms with E-state index in [0.717, 1.165) is 11.1 Å². The molecule has 1 atom stereocenters. The van der Waals surface area contributed by atoms with E-state index in [-0.39, 0.29) is 6.04 Å². The summed E-state index contributed by atoms with van der Waals surface area (Å²) in [5, 5.41) is 4.80. The first-order valence-corrected chi connectivity index (χ1v) is 6.92. The van der Waals surface area contributed by atoms with E-state index in [9.17, 15) is 14.4 Å². The topological polar surface area (TPSA) is 127 Å². The molecule has 0 saturated heterocycles. The Morgan fingerprint density at radius 1 is 1.09 bits per heavy atom. The van der Waals surface area contributed by atoms with E-state index in [4.69, 9.17) is 11.5 Å². The highest BCUT2D eigenvalue weighted by Crippen LogP contribution is 2.12. The number of amides is 4. The maximum absolute atomic E-state index is 11.8. The molecule has 7 heteroatoms. The van der Waals surface area contributed by atoms with Crippen LogP contribution < -0.4 is 22.1 Å². The van der Waals surface area contributed by atoms with Crippen molar-refractivity contribution in [2.24, 2.45) is 11.5 Å². The largest absolute Gasteiger partial charge is 0.367 e. The molecular formula is C15H22N4O3. The van der Waals surface area contributed by atoms with Crippen molar-refractivity contribution in [1.82, 2.24) is 10.6 Å². The number of aryl methyl sites for hydroxylation is 2. The molecule has 0 aromatic heterocycles. The number of urea groups is 1. The van der Waals surface area contributed by atoms with Gasteiger partial charge in [0.05, 0.1) is 0 Å². The predicted octanol–water partition coefficient (Wildman–Crippen LogP) is -0.127. The van der Waals surface area contributed by atoms with Gasteiger partial charge in [0, 0.05) is 6.04 Å². The molecule has 0 bridgehead atoms. The van der Waals surface area contributed by atoms with E-state index < -0.39 is 23.9 Å². The smallest absolute Gasteiger partial charge is 0.316 e. The molecule has 4 amide bonds. The number of carbonyl (C=O) groups excluding carboxylic acids is 3. The third kappa shape index (κ3) is 5.08. The quantitative estimate of drug-likeness (QED) is 0.547. The molecule has 0 aliphatic rings. The second-order valence-corrected chi connectivity index (χ2v) is 5.39. The second kappa shape index (κ2) is 7.44. The van der Waals surface area contributed by atoms with Crippen LogP contribution in [0, 0.1) is 13.8 Å². The predicted molar refractivity (Wildman–Crippen MR) is 82.9 cm³/mol. The Bertz CT molecular complexity index is 572. The summed E-state index contributed by atoms with van der Waals surface area (Å²) >= 11 is 0. The van der Waals surface area contributed by atoms with Crippen LogP contribution in [0.1, 0.15) is 23.6 Å². The minimum atomic E-state index is -1.52. The highest BCUT2D eigenvalue weighted by Gasteiger charge is 2.24. The fraction of sp³-hybridized carbons (Fsp3) is 0.400. The van der Waals surface area contributed by atoms with E-state index in [1.54, 1.807) is 0 Å². The second-order valence-electron chi connectivity index (χ2n) is 5.39. The van der Waals surface area contributed by atoms with E-state index in [0.29, 0.717) is 6.42 Å². The number of primary amides is 2. The number of rotatable bonds is 6. The molecule has 0 saturated carbocycles. The Morgan fingerprint density at radius 3 is 2.18 bits per heavy atom. The zero-order valence-electron chi connectivity index (χ0n) is 13.0. The standard InChI is InChI=1S/C15H22N4O3/c1-8-4-5-11(9(2)6-8)7-10(3)18-15(22)19-12(13(16)20)14(17)21/h4-6,10,12H,7H2,1-3H3,(H2,16,20)(H2,17,21)(H2,18,19,22)/t10-/m1/s1. The monoisotopic (exact) mass is 306 g/mol. The van der Waals surface area contributed by atoms with Gasteiger partial charge in [-0.05, 0) is 38.3 Å². The van der Waals surface area contributed by atoms with Crippen LogP contribution >= 0.6 is 0 Å². The molecule has 6 N–H and O–H groups in total. The van der Waals surface area contributed by atoms with Gasteiger partial charge in [-0.25, -0.2) is 4.79 Å². The van der Waals surface area contributed by atoms with Gasteiger partial charge in [-0.3, -0.25) is 9.59 Å². The molecule has 7 nitrogen and oxygen atoms in total. The molecule has 0 unspecified atom stereocenters. The third-order valence-corrected chi connectivity index (χ3v) is 3.25. The molecule has 0 aliphatic carbocycles. The summed E-state index contributed by atoms with van der Waals surface area (Å²) in [6, 6.07) is 3.70. The van der Waals surface area contributed by atoms with Crippen molar-refractivity contribution in [2.45, 2.75) is 39.3 Å². The van der Waals surface area contributed by atoms with E-state index in [1.165, 1.54) is 5.56 Å². The van der Waals surface area contributed by atoms with Crippen LogP contribution in [0.3, 0.4) is 0 Å². The summed E-state index contributed by atoms with van der Waals surface area (Å²) in [6.07, 6.45) is 0.622. The summed E-state index contributed by atoms with van der Waals surface area (Å²) < 4.78 is 0. The maximum atomic E-state index is 11.8. The number of carbonyl (C=O) groups is 3. The van der Waals surface area contributed by atoms with Gasteiger partial charge in [0.25, 0.3) is 0 Å². The van der Waals surface area contributed by atoms with Crippen LogP contribution in [0.15, 0.2) is 18.2 Å². The van der Waals surface area contributed by atoms with Gasteiger partial charge in [0.15, 0.2) is 6.04 Å². The van der Waals surface area contributed by atoms with Crippen molar-refractivity contribution in [1.29, 1.82) is 0 Å². The fourth-order valence-corrected chi connectivity index (χ4v) is 2.13. The van der Waals surface area contributed by atoms with E-state index in [2.05, 4.69) is 16.7 Å². The minimum Gasteiger partial charge on any atom is -0.367 e. The molecule has 0 heterocycles. The zero-order valence-corrected chi connectivity index (χ0v) is 13.0. The molecule has 22 heavy (non-hydrogen) atoms. The van der Waals surface area contributed by atoms with Gasteiger partial charge < -0.3 is 22.1 Å². The fourth-order valence-electron chi connectivity index (χ4n) is 2.13. The zero-order chi connectivity index (χ0) is 16.9. The SMILES string of the molecule is Cc1ccc(C[C@@H](C)NC(=O)NC(C(N)=O)C(N)=O)c(C)c1. The summed E-state index contributed by atoms with van der Waals surface area (Å²) in [7, 11) is 0. The van der Waals surface area contributed by atoms with Gasteiger partial charge in [-0.1, -0.05) is 23.8 Å². The Hall–Kier alpha value is -2.57. The van der Waals surface area contributed by atoms with Crippen molar-refractivity contribution < 1.29 is 14.4 Å². The van der Waals surface area contributed by atoms with Crippen LogP contribution in [-0.2, 0) is 16.0 Å². The first-order chi connectivity index (χ1) is 10.2. The maximum Gasteiger partial charge on any atom is 0.316 e. The van der Waals surface area contributed by atoms with Crippen LogP contribution in [0.25, 0.3) is 0 Å². The van der Waals surface area contributed by atoms with Gasteiger partial charge >= 0.3 is 6.03 Å². The average Bonchev–Trinajstić information content (AvgIpc) is 2.38. The normalized spacial score (nSPS) is 11.8. The molecule has 1 aromatic carbocycles. The van der Waals surface area contributed by atoms with Crippen molar-refractivity contribution in [3.8, 4) is 0 Å². The number of benzene rings is 1. The molecule has 120 valence electrons. The van der Waals surface area contributed by atoms with Gasteiger partial charge in [-0.15, -0.1) is 0 Å². The molecule has 0 radical (unpaired) electrons. The van der Waals surface area contributed by atoms with Crippen molar-refractivity contribution >= 4 is 17.8 Å². The minimum absolute atomic E-state index is 0.192. The number of nitrogens with two attached hydrogens (primary N) is 2. The molecule has 0 fully saturated rings. The van der Waals surface area contributed by atoms with Gasteiger partial charge in [-0.2, -0.15) is 0 Å². The molecule has 0 aliphatic heterocycles.